The molecule has 1 aromatic rings. The summed E-state index contributed by atoms with van der Waals surface area (Å²) in [6, 6.07) is 5.01. The van der Waals surface area contributed by atoms with Gasteiger partial charge in [-0.25, -0.2) is 0 Å². The van der Waals surface area contributed by atoms with Crippen molar-refractivity contribution in [1.29, 1.82) is 0 Å². The van der Waals surface area contributed by atoms with E-state index in [1.807, 2.05) is 27.7 Å². The molecule has 1 aromatic carbocycles. The SMILES string of the molecule is CCOc1ccc(NC(=O)C(=O)NCC(C)C)cc1OCC. The maximum absolute atomic E-state index is 11.8. The number of carbonyl (C=O) groups is 2. The highest BCUT2D eigenvalue weighted by Crippen LogP contribution is 2.30. The third kappa shape index (κ3) is 5.63. The van der Waals surface area contributed by atoms with Crippen molar-refractivity contribution in [3.8, 4) is 11.5 Å². The van der Waals surface area contributed by atoms with Gasteiger partial charge < -0.3 is 20.1 Å². The number of hydrogen-bond donors (Lipinski definition) is 2. The Kier molecular flexibility index (Phi) is 7.22. The molecule has 0 heterocycles. The van der Waals surface area contributed by atoms with E-state index < -0.39 is 11.8 Å². The van der Waals surface area contributed by atoms with Gasteiger partial charge in [0.05, 0.1) is 13.2 Å². The molecule has 122 valence electrons. The van der Waals surface area contributed by atoms with Gasteiger partial charge in [0.1, 0.15) is 0 Å². The lowest BCUT2D eigenvalue weighted by molar-refractivity contribution is -0.136. The first-order valence-electron chi connectivity index (χ1n) is 7.46. The van der Waals surface area contributed by atoms with Crippen molar-refractivity contribution in [1.82, 2.24) is 5.32 Å². The first kappa shape index (κ1) is 17.8. The Balaban J connectivity index is 2.74. The zero-order chi connectivity index (χ0) is 16.5. The summed E-state index contributed by atoms with van der Waals surface area (Å²) in [7, 11) is 0. The van der Waals surface area contributed by atoms with E-state index in [4.69, 9.17) is 9.47 Å². The van der Waals surface area contributed by atoms with Crippen LogP contribution in [0.5, 0.6) is 11.5 Å². The molecular weight excluding hydrogens is 284 g/mol. The van der Waals surface area contributed by atoms with Crippen molar-refractivity contribution < 1.29 is 19.1 Å². The molecule has 2 N–H and O–H groups in total. The summed E-state index contributed by atoms with van der Waals surface area (Å²) in [4.78, 5) is 23.5. The zero-order valence-corrected chi connectivity index (χ0v) is 13.6. The van der Waals surface area contributed by atoms with Crippen molar-refractivity contribution in [3.05, 3.63) is 18.2 Å². The van der Waals surface area contributed by atoms with E-state index >= 15 is 0 Å². The number of anilines is 1. The Morgan fingerprint density at radius 3 is 2.27 bits per heavy atom. The summed E-state index contributed by atoms with van der Waals surface area (Å²) < 4.78 is 10.9. The first-order chi connectivity index (χ1) is 10.5. The summed E-state index contributed by atoms with van der Waals surface area (Å²) in [5.74, 6) is 0.0657. The largest absolute Gasteiger partial charge is 0.490 e. The van der Waals surface area contributed by atoms with Crippen molar-refractivity contribution in [2.45, 2.75) is 27.7 Å². The predicted octanol–water partition coefficient (Wildman–Crippen LogP) is 2.19. The maximum atomic E-state index is 11.8. The monoisotopic (exact) mass is 308 g/mol. The summed E-state index contributed by atoms with van der Waals surface area (Å²) in [6.07, 6.45) is 0. The van der Waals surface area contributed by atoms with Crippen LogP contribution in [0.4, 0.5) is 5.69 Å². The van der Waals surface area contributed by atoms with Crippen LogP contribution in [0.25, 0.3) is 0 Å². The van der Waals surface area contributed by atoms with Gasteiger partial charge in [-0.2, -0.15) is 0 Å². The van der Waals surface area contributed by atoms with Crippen molar-refractivity contribution in [3.63, 3.8) is 0 Å². The fraction of sp³-hybridized carbons (Fsp3) is 0.500. The summed E-state index contributed by atoms with van der Waals surface area (Å²) in [5.41, 5.74) is 0.483. The van der Waals surface area contributed by atoms with E-state index in [9.17, 15) is 9.59 Å². The molecule has 0 unspecified atom stereocenters. The van der Waals surface area contributed by atoms with Crippen molar-refractivity contribution in [2.24, 2.45) is 5.92 Å². The third-order valence-electron chi connectivity index (χ3n) is 2.68. The molecule has 6 heteroatoms. The van der Waals surface area contributed by atoms with Crippen molar-refractivity contribution >= 4 is 17.5 Å². The third-order valence-corrected chi connectivity index (χ3v) is 2.68. The van der Waals surface area contributed by atoms with Crippen LogP contribution < -0.4 is 20.1 Å². The zero-order valence-electron chi connectivity index (χ0n) is 13.6. The van der Waals surface area contributed by atoms with Gasteiger partial charge >= 0.3 is 11.8 Å². The van der Waals surface area contributed by atoms with E-state index in [1.54, 1.807) is 18.2 Å². The van der Waals surface area contributed by atoms with E-state index in [0.29, 0.717) is 36.9 Å². The number of hydrogen-bond acceptors (Lipinski definition) is 4. The molecule has 0 aromatic heterocycles. The van der Waals surface area contributed by atoms with Crippen molar-refractivity contribution in [2.75, 3.05) is 25.1 Å². The molecule has 0 aliphatic heterocycles. The van der Waals surface area contributed by atoms with Gasteiger partial charge in [-0.1, -0.05) is 13.8 Å². The van der Waals surface area contributed by atoms with Gasteiger partial charge in [-0.3, -0.25) is 9.59 Å². The molecule has 0 spiro atoms. The van der Waals surface area contributed by atoms with Crippen LogP contribution in [0, 0.1) is 5.92 Å². The number of carbonyl (C=O) groups excluding carboxylic acids is 2. The van der Waals surface area contributed by atoms with Gasteiger partial charge in [-0.05, 0) is 31.9 Å². The molecular formula is C16H24N2O4. The maximum Gasteiger partial charge on any atom is 0.313 e. The molecule has 6 nitrogen and oxygen atoms in total. The van der Waals surface area contributed by atoms with Gasteiger partial charge in [0.25, 0.3) is 0 Å². The van der Waals surface area contributed by atoms with E-state index in [0.717, 1.165) is 0 Å². The second kappa shape index (κ2) is 8.92. The van der Waals surface area contributed by atoms with Crippen LogP contribution in [0.2, 0.25) is 0 Å². The standard InChI is InChI=1S/C16H24N2O4/c1-5-21-13-8-7-12(9-14(13)22-6-2)18-16(20)15(19)17-10-11(3)4/h7-9,11H,5-6,10H2,1-4H3,(H,17,19)(H,18,20). The second-order valence-electron chi connectivity index (χ2n) is 5.09. The Labute approximate surface area is 131 Å². The topological polar surface area (TPSA) is 76.7 Å². The molecule has 0 saturated carbocycles. The lowest BCUT2D eigenvalue weighted by atomic mass is 10.2. The minimum Gasteiger partial charge on any atom is -0.490 e. The Morgan fingerprint density at radius 2 is 1.68 bits per heavy atom. The van der Waals surface area contributed by atoms with Crippen LogP contribution in [0.15, 0.2) is 18.2 Å². The number of amides is 2. The normalized spacial score (nSPS) is 10.2. The summed E-state index contributed by atoms with van der Waals surface area (Å²) in [6.45, 7) is 9.11. The fourth-order valence-corrected chi connectivity index (χ4v) is 1.69. The molecule has 0 radical (unpaired) electrons. The second-order valence-corrected chi connectivity index (χ2v) is 5.09. The predicted molar refractivity (Wildman–Crippen MR) is 85.3 cm³/mol. The smallest absolute Gasteiger partial charge is 0.313 e. The van der Waals surface area contributed by atoms with E-state index in [2.05, 4.69) is 10.6 Å². The van der Waals surface area contributed by atoms with Crippen LogP contribution in [0.1, 0.15) is 27.7 Å². The molecule has 0 aliphatic rings. The highest BCUT2D eigenvalue weighted by Gasteiger charge is 2.15. The highest BCUT2D eigenvalue weighted by molar-refractivity contribution is 6.39. The fourth-order valence-electron chi connectivity index (χ4n) is 1.69. The van der Waals surface area contributed by atoms with Gasteiger partial charge in [0, 0.05) is 18.3 Å². The summed E-state index contributed by atoms with van der Waals surface area (Å²) in [5, 5.41) is 5.11. The van der Waals surface area contributed by atoms with E-state index in [-0.39, 0.29) is 5.92 Å². The Morgan fingerprint density at radius 1 is 1.05 bits per heavy atom. The quantitative estimate of drug-likeness (QED) is 0.757. The molecule has 0 atom stereocenters. The molecule has 0 saturated heterocycles. The molecule has 2 amide bonds. The number of ether oxygens (including phenoxy) is 2. The lowest BCUT2D eigenvalue weighted by Gasteiger charge is -2.13. The minimum absolute atomic E-state index is 0.284. The number of rotatable bonds is 7. The minimum atomic E-state index is -0.702. The van der Waals surface area contributed by atoms with Gasteiger partial charge in [0.2, 0.25) is 0 Å². The molecule has 1 rings (SSSR count). The number of benzene rings is 1. The lowest BCUT2D eigenvalue weighted by Crippen LogP contribution is -2.37. The molecule has 0 aliphatic carbocycles. The Bertz CT molecular complexity index is 515. The van der Waals surface area contributed by atoms with E-state index in [1.165, 1.54) is 0 Å². The Hall–Kier alpha value is -2.24. The van der Waals surface area contributed by atoms with Gasteiger partial charge in [0.15, 0.2) is 11.5 Å². The summed E-state index contributed by atoms with van der Waals surface area (Å²) >= 11 is 0. The molecule has 0 fully saturated rings. The van der Waals surface area contributed by atoms with Gasteiger partial charge in [-0.15, -0.1) is 0 Å². The molecule has 0 bridgehead atoms. The average molecular weight is 308 g/mol. The van der Waals surface area contributed by atoms with Crippen LogP contribution in [0.3, 0.4) is 0 Å². The van der Waals surface area contributed by atoms with Crippen LogP contribution in [-0.4, -0.2) is 31.6 Å². The van der Waals surface area contributed by atoms with Crippen LogP contribution in [-0.2, 0) is 9.59 Å². The van der Waals surface area contributed by atoms with Crippen LogP contribution >= 0.6 is 0 Å². The highest BCUT2D eigenvalue weighted by atomic mass is 16.5. The average Bonchev–Trinajstić information content (AvgIpc) is 2.47. The number of nitrogens with one attached hydrogen (secondary N) is 2. The first-order valence-corrected chi connectivity index (χ1v) is 7.46. The molecule has 22 heavy (non-hydrogen) atoms.